The van der Waals surface area contributed by atoms with Gasteiger partial charge in [0.1, 0.15) is 0 Å². The third kappa shape index (κ3) is 3.93. The largest absolute Gasteiger partial charge is 0.478 e. The quantitative estimate of drug-likeness (QED) is 0.711. The van der Waals surface area contributed by atoms with E-state index in [0.717, 1.165) is 6.07 Å². The number of carboxylic acids is 2. The summed E-state index contributed by atoms with van der Waals surface area (Å²) in [5.74, 6) is -2.40. The second kappa shape index (κ2) is 6.19. The van der Waals surface area contributed by atoms with Crippen molar-refractivity contribution in [2.75, 3.05) is 0 Å². The van der Waals surface area contributed by atoms with Crippen LogP contribution < -0.4 is 0 Å². The highest BCUT2D eigenvalue weighted by atomic mass is 32.2. The van der Waals surface area contributed by atoms with Crippen molar-refractivity contribution in [2.24, 2.45) is 0 Å². The molecule has 3 N–H and O–H groups in total. The summed E-state index contributed by atoms with van der Waals surface area (Å²) in [6.07, 6.45) is 0.0922. The number of hydrogen-bond acceptors (Lipinski definition) is 4. The molecule has 0 spiro atoms. The number of rotatable bonds is 5. The molecule has 0 radical (unpaired) electrons. The Morgan fingerprint density at radius 1 is 0.870 bits per heavy atom. The lowest BCUT2D eigenvalue weighted by Crippen LogP contribution is -2.07. The first kappa shape index (κ1) is 16.7. The molecule has 0 saturated carbocycles. The van der Waals surface area contributed by atoms with Crippen molar-refractivity contribution in [2.45, 2.75) is 11.3 Å². The summed E-state index contributed by atoms with van der Waals surface area (Å²) in [7, 11) is -4.59. The number of benzene rings is 2. The van der Waals surface area contributed by atoms with Gasteiger partial charge in [-0.05, 0) is 41.8 Å². The van der Waals surface area contributed by atoms with E-state index in [1.165, 1.54) is 36.4 Å². The van der Waals surface area contributed by atoms with Crippen LogP contribution in [0.2, 0.25) is 0 Å². The van der Waals surface area contributed by atoms with Crippen molar-refractivity contribution in [1.29, 1.82) is 0 Å². The molecule has 120 valence electrons. The van der Waals surface area contributed by atoms with Crippen molar-refractivity contribution in [1.82, 2.24) is 0 Å². The van der Waals surface area contributed by atoms with Crippen LogP contribution in [0, 0.1) is 0 Å². The van der Waals surface area contributed by atoms with Crippen LogP contribution in [0.4, 0.5) is 0 Å². The zero-order valence-electron chi connectivity index (χ0n) is 11.6. The van der Waals surface area contributed by atoms with Gasteiger partial charge in [-0.25, -0.2) is 9.59 Å². The lowest BCUT2D eigenvalue weighted by molar-refractivity contribution is 0.0686. The monoisotopic (exact) mass is 336 g/mol. The van der Waals surface area contributed by atoms with E-state index >= 15 is 0 Å². The van der Waals surface area contributed by atoms with Crippen LogP contribution in [-0.4, -0.2) is 35.1 Å². The Balaban J connectivity index is 2.43. The first-order valence-corrected chi connectivity index (χ1v) is 7.78. The van der Waals surface area contributed by atoms with Gasteiger partial charge in [-0.15, -0.1) is 0 Å². The fourth-order valence-electron chi connectivity index (χ4n) is 2.06. The fraction of sp³-hybridized carbons (Fsp3) is 0.0667. The van der Waals surface area contributed by atoms with Crippen LogP contribution >= 0.6 is 0 Å². The molecule has 0 aromatic heterocycles. The standard InChI is InChI=1S/C15H12O7S/c16-14(17)10-3-1-9(2-4-10)7-11-5-6-12(15(18)19)8-13(11)23(20,21)22/h1-6,8H,7H2,(H,16,17)(H,18,19)(H,20,21,22). The van der Waals surface area contributed by atoms with Gasteiger partial charge in [-0.2, -0.15) is 8.42 Å². The van der Waals surface area contributed by atoms with Gasteiger partial charge in [0, 0.05) is 0 Å². The van der Waals surface area contributed by atoms with Crippen molar-refractivity contribution < 1.29 is 32.8 Å². The Bertz CT molecular complexity index is 867. The number of hydrogen-bond donors (Lipinski definition) is 3. The van der Waals surface area contributed by atoms with Gasteiger partial charge in [0.05, 0.1) is 16.0 Å². The zero-order valence-corrected chi connectivity index (χ0v) is 12.4. The maximum Gasteiger partial charge on any atom is 0.335 e. The van der Waals surface area contributed by atoms with Gasteiger partial charge in [-0.3, -0.25) is 4.55 Å². The summed E-state index contributed by atoms with van der Waals surface area (Å²) in [6, 6.07) is 9.20. The Labute approximate surface area is 131 Å². The van der Waals surface area contributed by atoms with Crippen molar-refractivity contribution in [3.05, 3.63) is 64.7 Å². The molecule has 7 nitrogen and oxygen atoms in total. The lowest BCUT2D eigenvalue weighted by Gasteiger charge is -2.09. The fourth-order valence-corrected chi connectivity index (χ4v) is 2.81. The van der Waals surface area contributed by atoms with E-state index in [0.29, 0.717) is 5.56 Å². The summed E-state index contributed by atoms with van der Waals surface area (Å²) < 4.78 is 32.2. The van der Waals surface area contributed by atoms with E-state index in [2.05, 4.69) is 0 Å². The maximum absolute atomic E-state index is 11.4. The number of aromatic carboxylic acids is 2. The second-order valence-electron chi connectivity index (χ2n) is 4.78. The third-order valence-electron chi connectivity index (χ3n) is 3.19. The second-order valence-corrected chi connectivity index (χ2v) is 6.17. The van der Waals surface area contributed by atoms with Crippen LogP contribution in [0.1, 0.15) is 31.8 Å². The molecule has 0 saturated heterocycles. The van der Waals surface area contributed by atoms with Crippen LogP contribution in [0.15, 0.2) is 47.4 Å². The molecule has 2 rings (SSSR count). The van der Waals surface area contributed by atoms with Gasteiger partial charge >= 0.3 is 11.9 Å². The summed E-state index contributed by atoms with van der Waals surface area (Å²) in [5, 5.41) is 17.7. The first-order chi connectivity index (χ1) is 10.7. The van der Waals surface area contributed by atoms with Gasteiger partial charge in [0.2, 0.25) is 0 Å². The van der Waals surface area contributed by atoms with Crippen LogP contribution in [0.5, 0.6) is 0 Å². The van der Waals surface area contributed by atoms with Crippen molar-refractivity contribution in [3.63, 3.8) is 0 Å². The minimum absolute atomic E-state index is 0.0879. The highest BCUT2D eigenvalue weighted by Crippen LogP contribution is 2.21. The van der Waals surface area contributed by atoms with E-state index < -0.39 is 27.0 Å². The van der Waals surface area contributed by atoms with Gasteiger partial charge in [0.25, 0.3) is 10.1 Å². The van der Waals surface area contributed by atoms with Crippen molar-refractivity contribution >= 4 is 22.1 Å². The Hall–Kier alpha value is -2.71. The highest BCUT2D eigenvalue weighted by molar-refractivity contribution is 7.85. The third-order valence-corrected chi connectivity index (χ3v) is 4.12. The summed E-state index contributed by atoms with van der Waals surface area (Å²) >= 11 is 0. The minimum Gasteiger partial charge on any atom is -0.478 e. The van der Waals surface area contributed by atoms with E-state index in [4.69, 9.17) is 10.2 Å². The molecule has 8 heteroatoms. The van der Waals surface area contributed by atoms with Gasteiger partial charge in [-0.1, -0.05) is 18.2 Å². The van der Waals surface area contributed by atoms with E-state index in [1.807, 2.05) is 0 Å². The number of carboxylic acid groups (broad SMARTS) is 2. The predicted octanol–water partition coefficient (Wildman–Crippen LogP) is 1.92. The van der Waals surface area contributed by atoms with Gasteiger partial charge < -0.3 is 10.2 Å². The molecule has 2 aromatic rings. The molecule has 0 heterocycles. The minimum atomic E-state index is -4.59. The van der Waals surface area contributed by atoms with Crippen LogP contribution in [-0.2, 0) is 16.5 Å². The van der Waals surface area contributed by atoms with Crippen LogP contribution in [0.3, 0.4) is 0 Å². The molecular formula is C15H12O7S. The van der Waals surface area contributed by atoms with E-state index in [1.54, 1.807) is 0 Å². The Morgan fingerprint density at radius 2 is 1.39 bits per heavy atom. The first-order valence-electron chi connectivity index (χ1n) is 6.34. The Morgan fingerprint density at radius 3 is 1.87 bits per heavy atom. The summed E-state index contributed by atoms with van der Waals surface area (Å²) in [5.41, 5.74) is 0.649. The van der Waals surface area contributed by atoms with E-state index in [9.17, 15) is 22.6 Å². The van der Waals surface area contributed by atoms with E-state index in [-0.39, 0.29) is 23.1 Å². The molecule has 2 aromatic carbocycles. The normalized spacial score (nSPS) is 11.2. The number of carbonyl (C=O) groups is 2. The molecule has 0 aliphatic heterocycles. The smallest absolute Gasteiger partial charge is 0.335 e. The van der Waals surface area contributed by atoms with Crippen molar-refractivity contribution in [3.8, 4) is 0 Å². The molecular weight excluding hydrogens is 324 g/mol. The highest BCUT2D eigenvalue weighted by Gasteiger charge is 2.18. The maximum atomic E-state index is 11.4. The molecule has 0 aliphatic carbocycles. The molecule has 0 amide bonds. The molecule has 0 atom stereocenters. The average Bonchev–Trinajstić information content (AvgIpc) is 2.46. The SMILES string of the molecule is O=C(O)c1ccc(Cc2ccc(C(=O)O)cc2S(=O)(=O)O)cc1. The molecule has 0 fully saturated rings. The van der Waals surface area contributed by atoms with Gasteiger partial charge in [0.15, 0.2) is 0 Å². The average molecular weight is 336 g/mol. The zero-order chi connectivity index (χ0) is 17.2. The molecule has 0 bridgehead atoms. The summed E-state index contributed by atoms with van der Waals surface area (Å²) in [4.78, 5) is 21.2. The lowest BCUT2D eigenvalue weighted by atomic mass is 10.0. The Kier molecular flexibility index (Phi) is 4.48. The molecule has 0 unspecified atom stereocenters. The van der Waals surface area contributed by atoms with Crippen LogP contribution in [0.25, 0.3) is 0 Å². The predicted molar refractivity (Wildman–Crippen MR) is 79.4 cm³/mol. The molecule has 23 heavy (non-hydrogen) atoms. The summed E-state index contributed by atoms with van der Waals surface area (Å²) in [6.45, 7) is 0. The molecule has 0 aliphatic rings. The topological polar surface area (TPSA) is 129 Å².